The molecule has 0 N–H and O–H groups in total. The van der Waals surface area contributed by atoms with Crippen LogP contribution in [0.15, 0.2) is 53.4 Å². The van der Waals surface area contributed by atoms with Crippen LogP contribution in [0.2, 0.25) is 0 Å². The zero-order valence-electron chi connectivity index (χ0n) is 13.8. The van der Waals surface area contributed by atoms with Gasteiger partial charge in [0.1, 0.15) is 5.75 Å². The van der Waals surface area contributed by atoms with Gasteiger partial charge in [-0.3, -0.25) is 0 Å². The number of aryl methyl sites for hydroxylation is 1. The second kappa shape index (κ2) is 7.62. The lowest BCUT2D eigenvalue weighted by molar-refractivity contribution is 0.337. The summed E-state index contributed by atoms with van der Waals surface area (Å²) in [4.78, 5) is 0.302. The highest BCUT2D eigenvalue weighted by molar-refractivity contribution is 7.89. The van der Waals surface area contributed by atoms with Gasteiger partial charge in [0.2, 0.25) is 10.0 Å². The van der Waals surface area contributed by atoms with Crippen molar-refractivity contribution in [3.63, 3.8) is 0 Å². The molecule has 0 atom stereocenters. The molecule has 23 heavy (non-hydrogen) atoms. The highest BCUT2D eigenvalue weighted by Crippen LogP contribution is 2.25. The third kappa shape index (κ3) is 4.12. The minimum atomic E-state index is -3.53. The van der Waals surface area contributed by atoms with Gasteiger partial charge in [0, 0.05) is 13.1 Å². The zero-order chi connectivity index (χ0) is 16.9. The number of sulfonamides is 1. The summed E-state index contributed by atoms with van der Waals surface area (Å²) in [6.45, 7) is 6.96. The summed E-state index contributed by atoms with van der Waals surface area (Å²) in [6, 6.07) is 14.6. The second-order valence-corrected chi connectivity index (χ2v) is 7.22. The number of rotatable bonds is 7. The van der Waals surface area contributed by atoms with Crippen LogP contribution in [0.5, 0.6) is 5.75 Å². The molecule has 2 rings (SSSR count). The molecular formula is C18H23NO3S. The van der Waals surface area contributed by atoms with Gasteiger partial charge in [-0.05, 0) is 43.2 Å². The highest BCUT2D eigenvalue weighted by Gasteiger charge is 2.23. The molecule has 124 valence electrons. The predicted octanol–water partition coefficient (Wildman–Crippen LogP) is 3.60. The Morgan fingerprint density at radius 1 is 1.04 bits per heavy atom. The van der Waals surface area contributed by atoms with Crippen LogP contribution in [-0.4, -0.2) is 25.9 Å². The van der Waals surface area contributed by atoms with Gasteiger partial charge in [-0.25, -0.2) is 8.42 Å². The van der Waals surface area contributed by atoms with Crippen LogP contribution >= 0.6 is 0 Å². The van der Waals surface area contributed by atoms with E-state index in [4.69, 9.17) is 4.74 Å². The molecule has 0 saturated carbocycles. The Morgan fingerprint density at radius 2 is 1.74 bits per heavy atom. The van der Waals surface area contributed by atoms with Crippen molar-refractivity contribution in [2.24, 2.45) is 0 Å². The first-order valence-corrected chi connectivity index (χ1v) is 9.20. The molecule has 2 aromatic rings. The normalized spacial score (nSPS) is 11.7. The Labute approximate surface area is 138 Å². The average Bonchev–Trinajstić information content (AvgIpc) is 2.55. The molecule has 0 heterocycles. The van der Waals surface area contributed by atoms with E-state index in [1.54, 1.807) is 18.2 Å². The molecule has 0 spiro atoms. The van der Waals surface area contributed by atoms with Crippen molar-refractivity contribution >= 4 is 10.0 Å². The lowest BCUT2D eigenvalue weighted by Gasteiger charge is -2.21. The van der Waals surface area contributed by atoms with Crippen molar-refractivity contribution in [1.29, 1.82) is 0 Å². The van der Waals surface area contributed by atoms with E-state index in [1.807, 2.05) is 51.1 Å². The summed E-state index contributed by atoms with van der Waals surface area (Å²) in [5, 5.41) is 0. The Morgan fingerprint density at radius 3 is 2.30 bits per heavy atom. The van der Waals surface area contributed by atoms with Gasteiger partial charge < -0.3 is 4.74 Å². The van der Waals surface area contributed by atoms with Crippen LogP contribution in [0.4, 0.5) is 0 Å². The van der Waals surface area contributed by atoms with Gasteiger partial charge in [0.25, 0.3) is 0 Å². The van der Waals surface area contributed by atoms with Crippen molar-refractivity contribution in [1.82, 2.24) is 4.31 Å². The highest BCUT2D eigenvalue weighted by atomic mass is 32.2. The third-order valence-corrected chi connectivity index (χ3v) is 5.56. The van der Waals surface area contributed by atoms with E-state index in [0.29, 0.717) is 24.6 Å². The molecule has 0 fully saturated rings. The summed E-state index contributed by atoms with van der Waals surface area (Å²) < 4.78 is 32.7. The van der Waals surface area contributed by atoms with Crippen LogP contribution in [0.1, 0.15) is 25.0 Å². The van der Waals surface area contributed by atoms with Gasteiger partial charge in [-0.2, -0.15) is 4.31 Å². The molecule has 0 aliphatic carbocycles. The quantitative estimate of drug-likeness (QED) is 0.778. The maximum absolute atomic E-state index is 12.9. The van der Waals surface area contributed by atoms with Crippen LogP contribution < -0.4 is 4.74 Å². The molecule has 4 nitrogen and oxygen atoms in total. The Kier molecular flexibility index (Phi) is 5.80. The van der Waals surface area contributed by atoms with Crippen molar-refractivity contribution in [3.8, 4) is 5.75 Å². The summed E-state index contributed by atoms with van der Waals surface area (Å²) >= 11 is 0. The maximum atomic E-state index is 12.9. The fraction of sp³-hybridized carbons (Fsp3) is 0.333. The molecule has 0 aromatic heterocycles. The van der Waals surface area contributed by atoms with Crippen LogP contribution in [0.25, 0.3) is 0 Å². The molecular weight excluding hydrogens is 310 g/mol. The molecule has 0 unspecified atom stereocenters. The van der Waals surface area contributed by atoms with Gasteiger partial charge in [-0.1, -0.05) is 37.3 Å². The van der Waals surface area contributed by atoms with Crippen molar-refractivity contribution in [3.05, 3.63) is 59.7 Å². The van der Waals surface area contributed by atoms with E-state index >= 15 is 0 Å². The van der Waals surface area contributed by atoms with Crippen molar-refractivity contribution in [2.75, 3.05) is 13.2 Å². The minimum absolute atomic E-state index is 0.302. The Bertz CT molecular complexity index is 742. The number of hydrogen-bond donors (Lipinski definition) is 0. The van der Waals surface area contributed by atoms with E-state index in [1.165, 1.54) is 4.31 Å². The molecule has 0 radical (unpaired) electrons. The molecule has 0 bridgehead atoms. The first-order valence-electron chi connectivity index (χ1n) is 7.76. The SMILES string of the molecule is CCOc1ccc(S(=O)(=O)N(CC)Cc2ccccc2)cc1C. The second-order valence-electron chi connectivity index (χ2n) is 5.28. The molecule has 0 amide bonds. The average molecular weight is 333 g/mol. The lowest BCUT2D eigenvalue weighted by atomic mass is 10.2. The Hall–Kier alpha value is -1.85. The summed E-state index contributed by atoms with van der Waals surface area (Å²) in [6.07, 6.45) is 0. The van der Waals surface area contributed by atoms with E-state index < -0.39 is 10.0 Å². The largest absolute Gasteiger partial charge is 0.494 e. The standard InChI is InChI=1S/C18H23NO3S/c1-4-19(14-16-9-7-6-8-10-16)23(20,21)17-11-12-18(22-5-2)15(3)13-17/h6-13H,4-5,14H2,1-3H3. The smallest absolute Gasteiger partial charge is 0.243 e. The van der Waals surface area contributed by atoms with Crippen LogP contribution in [0, 0.1) is 6.92 Å². The molecule has 2 aromatic carbocycles. The third-order valence-electron chi connectivity index (χ3n) is 3.64. The molecule has 5 heteroatoms. The van der Waals surface area contributed by atoms with Gasteiger partial charge >= 0.3 is 0 Å². The number of benzene rings is 2. The minimum Gasteiger partial charge on any atom is -0.494 e. The van der Waals surface area contributed by atoms with E-state index in [-0.39, 0.29) is 0 Å². The fourth-order valence-electron chi connectivity index (χ4n) is 2.40. The topological polar surface area (TPSA) is 46.6 Å². The van der Waals surface area contributed by atoms with Crippen LogP contribution in [0.3, 0.4) is 0 Å². The zero-order valence-corrected chi connectivity index (χ0v) is 14.6. The summed E-state index contributed by atoms with van der Waals surface area (Å²) in [7, 11) is -3.53. The molecule has 0 aliphatic heterocycles. The lowest BCUT2D eigenvalue weighted by Crippen LogP contribution is -2.30. The molecule has 0 aliphatic rings. The fourth-order valence-corrected chi connectivity index (χ4v) is 3.93. The predicted molar refractivity (Wildman–Crippen MR) is 92.1 cm³/mol. The van der Waals surface area contributed by atoms with E-state index in [2.05, 4.69) is 0 Å². The van der Waals surface area contributed by atoms with Crippen molar-refractivity contribution in [2.45, 2.75) is 32.2 Å². The van der Waals surface area contributed by atoms with Crippen LogP contribution in [-0.2, 0) is 16.6 Å². The van der Waals surface area contributed by atoms with E-state index in [9.17, 15) is 8.42 Å². The first kappa shape index (κ1) is 17.5. The van der Waals surface area contributed by atoms with Gasteiger partial charge in [-0.15, -0.1) is 0 Å². The first-order chi connectivity index (χ1) is 11.0. The number of ether oxygens (including phenoxy) is 1. The number of nitrogens with zero attached hydrogens (tertiary/aromatic N) is 1. The summed E-state index contributed by atoms with van der Waals surface area (Å²) in [5.74, 6) is 0.720. The van der Waals surface area contributed by atoms with Gasteiger partial charge in [0.05, 0.1) is 11.5 Å². The number of hydrogen-bond acceptors (Lipinski definition) is 3. The Balaban J connectivity index is 2.30. The van der Waals surface area contributed by atoms with Crippen molar-refractivity contribution < 1.29 is 13.2 Å². The van der Waals surface area contributed by atoms with E-state index in [0.717, 1.165) is 16.9 Å². The maximum Gasteiger partial charge on any atom is 0.243 e. The van der Waals surface area contributed by atoms with Gasteiger partial charge in [0.15, 0.2) is 0 Å². The summed E-state index contributed by atoms with van der Waals surface area (Å²) in [5.41, 5.74) is 1.80. The molecule has 0 saturated heterocycles. The monoisotopic (exact) mass is 333 g/mol.